The van der Waals surface area contributed by atoms with Crippen molar-refractivity contribution in [1.29, 1.82) is 0 Å². The summed E-state index contributed by atoms with van der Waals surface area (Å²) in [7, 11) is 1.90. The maximum absolute atomic E-state index is 5.96. The average molecular weight is 303 g/mol. The highest BCUT2D eigenvalue weighted by molar-refractivity contribution is 6.29. The first-order valence-electron chi connectivity index (χ1n) is 6.62. The molecule has 0 amide bonds. The van der Waals surface area contributed by atoms with Gasteiger partial charge in [0, 0.05) is 25.4 Å². The molecule has 1 N–H and O–H groups in total. The van der Waals surface area contributed by atoms with Crippen LogP contribution in [-0.4, -0.2) is 30.8 Å². The molecule has 0 unspecified atom stereocenters. The van der Waals surface area contributed by atoms with Crippen molar-refractivity contribution in [3.05, 3.63) is 29.8 Å². The van der Waals surface area contributed by atoms with Gasteiger partial charge in [-0.1, -0.05) is 11.6 Å². The number of aromatic nitrogens is 5. The molecule has 0 saturated heterocycles. The Hall–Kier alpha value is -2.21. The van der Waals surface area contributed by atoms with Crippen molar-refractivity contribution in [1.82, 2.24) is 24.7 Å². The summed E-state index contributed by atoms with van der Waals surface area (Å²) in [6.07, 6.45) is 3.20. The highest BCUT2D eigenvalue weighted by Gasteiger charge is 2.17. The molecule has 108 valence electrons. The van der Waals surface area contributed by atoms with Gasteiger partial charge in [0.1, 0.15) is 23.0 Å². The molecule has 0 radical (unpaired) electrons. The normalized spacial score (nSPS) is 11.3. The fourth-order valence-electron chi connectivity index (χ4n) is 2.23. The van der Waals surface area contributed by atoms with Crippen LogP contribution in [0.25, 0.3) is 22.3 Å². The molecule has 0 spiro atoms. The van der Waals surface area contributed by atoms with Crippen LogP contribution in [0.15, 0.2) is 24.7 Å². The smallest absolute Gasteiger partial charge is 0.137 e. The molecule has 3 rings (SSSR count). The van der Waals surface area contributed by atoms with Crippen molar-refractivity contribution in [3.8, 4) is 11.4 Å². The molecule has 0 aliphatic carbocycles. The Morgan fingerprint density at radius 2 is 2.05 bits per heavy atom. The maximum atomic E-state index is 5.96. The van der Waals surface area contributed by atoms with E-state index >= 15 is 0 Å². The SMILES string of the molecule is CC(C)Nc1nccc2c1c(-c1cc(Cl)ncn1)nn2C. The number of hydrogen-bond donors (Lipinski definition) is 1. The van der Waals surface area contributed by atoms with Gasteiger partial charge in [-0.25, -0.2) is 15.0 Å². The predicted molar refractivity (Wildman–Crippen MR) is 83.3 cm³/mol. The van der Waals surface area contributed by atoms with Gasteiger partial charge in [0.2, 0.25) is 0 Å². The number of anilines is 1. The van der Waals surface area contributed by atoms with Crippen LogP contribution in [0.5, 0.6) is 0 Å². The summed E-state index contributed by atoms with van der Waals surface area (Å²) in [4.78, 5) is 12.6. The second kappa shape index (κ2) is 5.29. The summed E-state index contributed by atoms with van der Waals surface area (Å²) in [6.45, 7) is 4.14. The van der Waals surface area contributed by atoms with Gasteiger partial charge in [-0.2, -0.15) is 5.10 Å². The maximum Gasteiger partial charge on any atom is 0.137 e. The van der Waals surface area contributed by atoms with Crippen molar-refractivity contribution in [2.24, 2.45) is 7.05 Å². The third kappa shape index (κ3) is 2.54. The Morgan fingerprint density at radius 1 is 1.24 bits per heavy atom. The minimum Gasteiger partial charge on any atom is -0.367 e. The molecule has 0 fully saturated rings. The molecule has 3 heterocycles. The van der Waals surface area contributed by atoms with Crippen molar-refractivity contribution >= 4 is 28.3 Å². The van der Waals surface area contributed by atoms with Crippen molar-refractivity contribution in [2.45, 2.75) is 19.9 Å². The van der Waals surface area contributed by atoms with Crippen molar-refractivity contribution < 1.29 is 0 Å². The third-order valence-electron chi connectivity index (χ3n) is 3.07. The number of rotatable bonds is 3. The largest absolute Gasteiger partial charge is 0.367 e. The van der Waals surface area contributed by atoms with Gasteiger partial charge in [-0.3, -0.25) is 4.68 Å². The molecular formula is C14H15ClN6. The van der Waals surface area contributed by atoms with E-state index in [2.05, 4.69) is 39.2 Å². The second-order valence-corrected chi connectivity index (χ2v) is 5.44. The highest BCUT2D eigenvalue weighted by atomic mass is 35.5. The first kappa shape index (κ1) is 13.8. The lowest BCUT2D eigenvalue weighted by atomic mass is 10.2. The number of halogens is 1. The number of fused-ring (bicyclic) bond motifs is 1. The molecule has 0 aliphatic heterocycles. The van der Waals surface area contributed by atoms with Gasteiger partial charge in [0.05, 0.1) is 16.6 Å². The van der Waals surface area contributed by atoms with Crippen LogP contribution in [-0.2, 0) is 7.05 Å². The molecule has 0 aromatic carbocycles. The molecular weight excluding hydrogens is 288 g/mol. The van der Waals surface area contributed by atoms with Gasteiger partial charge in [0.25, 0.3) is 0 Å². The highest BCUT2D eigenvalue weighted by Crippen LogP contribution is 2.31. The predicted octanol–water partition coefficient (Wildman–Crippen LogP) is 2.90. The molecule has 3 aromatic heterocycles. The lowest BCUT2D eigenvalue weighted by Crippen LogP contribution is -2.11. The summed E-state index contributed by atoms with van der Waals surface area (Å²) in [5, 5.41) is 9.23. The number of hydrogen-bond acceptors (Lipinski definition) is 5. The van der Waals surface area contributed by atoms with Crippen LogP contribution >= 0.6 is 11.6 Å². The van der Waals surface area contributed by atoms with E-state index in [-0.39, 0.29) is 6.04 Å². The zero-order valence-electron chi connectivity index (χ0n) is 12.0. The van der Waals surface area contributed by atoms with E-state index in [1.165, 1.54) is 6.33 Å². The molecule has 0 atom stereocenters. The lowest BCUT2D eigenvalue weighted by molar-refractivity contribution is 0.799. The molecule has 0 aliphatic rings. The fraction of sp³-hybridized carbons (Fsp3) is 0.286. The van der Waals surface area contributed by atoms with Gasteiger partial charge in [0.15, 0.2) is 0 Å². The monoisotopic (exact) mass is 302 g/mol. The van der Waals surface area contributed by atoms with E-state index in [1.807, 2.05) is 17.8 Å². The summed E-state index contributed by atoms with van der Waals surface area (Å²) >= 11 is 5.96. The first-order chi connectivity index (χ1) is 10.1. The average Bonchev–Trinajstić information content (AvgIpc) is 2.77. The molecule has 6 nitrogen and oxygen atoms in total. The van der Waals surface area contributed by atoms with Crippen LogP contribution in [0.4, 0.5) is 5.82 Å². The third-order valence-corrected chi connectivity index (χ3v) is 3.27. The Morgan fingerprint density at radius 3 is 2.76 bits per heavy atom. The summed E-state index contributed by atoms with van der Waals surface area (Å²) in [6, 6.07) is 3.90. The van der Waals surface area contributed by atoms with E-state index < -0.39 is 0 Å². The van der Waals surface area contributed by atoms with Crippen LogP contribution in [0.2, 0.25) is 5.15 Å². The number of aryl methyl sites for hydroxylation is 1. The molecule has 0 bridgehead atoms. The molecule has 7 heteroatoms. The quantitative estimate of drug-likeness (QED) is 0.753. The zero-order valence-corrected chi connectivity index (χ0v) is 12.8. The topological polar surface area (TPSA) is 68.5 Å². The number of pyridine rings is 1. The van der Waals surface area contributed by atoms with Gasteiger partial charge >= 0.3 is 0 Å². The molecule has 3 aromatic rings. The van der Waals surface area contributed by atoms with Crippen LogP contribution in [0, 0.1) is 0 Å². The zero-order chi connectivity index (χ0) is 15.0. The van der Waals surface area contributed by atoms with Crippen molar-refractivity contribution in [3.63, 3.8) is 0 Å². The Kier molecular flexibility index (Phi) is 3.47. The van der Waals surface area contributed by atoms with E-state index in [9.17, 15) is 0 Å². The minimum atomic E-state index is 0.269. The minimum absolute atomic E-state index is 0.269. The summed E-state index contributed by atoms with van der Waals surface area (Å²) < 4.78 is 1.81. The summed E-state index contributed by atoms with van der Waals surface area (Å²) in [5.41, 5.74) is 2.41. The molecule has 21 heavy (non-hydrogen) atoms. The Balaban J connectivity index is 2.27. The van der Waals surface area contributed by atoms with Gasteiger partial charge < -0.3 is 5.32 Å². The first-order valence-corrected chi connectivity index (χ1v) is 7.00. The number of nitrogens with one attached hydrogen (secondary N) is 1. The Bertz CT molecular complexity index is 795. The van der Waals surface area contributed by atoms with Crippen molar-refractivity contribution in [2.75, 3.05) is 5.32 Å². The van der Waals surface area contributed by atoms with E-state index in [4.69, 9.17) is 11.6 Å². The summed E-state index contributed by atoms with van der Waals surface area (Å²) in [5.74, 6) is 0.792. The van der Waals surface area contributed by atoms with Gasteiger partial charge in [-0.05, 0) is 19.9 Å². The van der Waals surface area contributed by atoms with E-state index in [0.29, 0.717) is 10.8 Å². The van der Waals surface area contributed by atoms with Gasteiger partial charge in [-0.15, -0.1) is 0 Å². The van der Waals surface area contributed by atoms with Crippen LogP contribution in [0.1, 0.15) is 13.8 Å². The fourth-order valence-corrected chi connectivity index (χ4v) is 2.38. The van der Waals surface area contributed by atoms with E-state index in [0.717, 1.165) is 22.4 Å². The number of nitrogens with zero attached hydrogens (tertiary/aromatic N) is 5. The van der Waals surface area contributed by atoms with E-state index in [1.54, 1.807) is 12.3 Å². The molecule has 0 saturated carbocycles. The second-order valence-electron chi connectivity index (χ2n) is 5.05. The lowest BCUT2D eigenvalue weighted by Gasteiger charge is -2.10. The standard InChI is InChI=1S/C14H15ClN6/c1-8(2)19-14-12-10(4-5-16-14)21(3)20-13(12)9-6-11(15)18-7-17-9/h4-8H,1-3H3,(H,16,19). The van der Waals surface area contributed by atoms with Crippen LogP contribution in [0.3, 0.4) is 0 Å². The van der Waals surface area contributed by atoms with Crippen LogP contribution < -0.4 is 5.32 Å². The Labute approximate surface area is 127 Å².